The standard InChI is InChI=1S/C20H25NO6/c22-14-11-21(19(23)24-12-13-7-3-1-4-8-13)15-16(14)25-18-17(15)26-20(27-18)9-5-2-6-10-20/h1,3-4,7-8,14-18,22H,2,5-6,9-12H2. The van der Waals surface area contributed by atoms with Crippen LogP contribution in [0.4, 0.5) is 4.79 Å². The number of fused-ring (bicyclic) bond motifs is 3. The molecule has 0 aromatic heterocycles. The minimum Gasteiger partial charge on any atom is -0.445 e. The molecule has 1 amide bonds. The summed E-state index contributed by atoms with van der Waals surface area (Å²) in [7, 11) is 0. The smallest absolute Gasteiger partial charge is 0.410 e. The second kappa shape index (κ2) is 6.74. The van der Waals surface area contributed by atoms with Gasteiger partial charge >= 0.3 is 6.09 Å². The monoisotopic (exact) mass is 375 g/mol. The van der Waals surface area contributed by atoms with E-state index in [1.807, 2.05) is 30.3 Å². The third-order valence-corrected chi connectivity index (χ3v) is 6.09. The highest BCUT2D eigenvalue weighted by atomic mass is 16.8. The molecule has 1 aromatic rings. The predicted molar refractivity (Wildman–Crippen MR) is 93.6 cm³/mol. The van der Waals surface area contributed by atoms with Gasteiger partial charge in [0.2, 0.25) is 0 Å². The summed E-state index contributed by atoms with van der Waals surface area (Å²) in [6.07, 6.45) is 2.40. The van der Waals surface area contributed by atoms with Crippen LogP contribution in [0.25, 0.3) is 0 Å². The molecule has 7 nitrogen and oxygen atoms in total. The molecule has 1 saturated carbocycles. The van der Waals surface area contributed by atoms with Gasteiger partial charge in [0.25, 0.3) is 0 Å². The Hall–Kier alpha value is -1.67. The Kier molecular flexibility index (Phi) is 4.35. The largest absolute Gasteiger partial charge is 0.445 e. The van der Waals surface area contributed by atoms with Gasteiger partial charge < -0.3 is 24.1 Å². The van der Waals surface area contributed by atoms with Crippen molar-refractivity contribution in [1.82, 2.24) is 4.90 Å². The van der Waals surface area contributed by atoms with E-state index in [1.54, 1.807) is 4.90 Å². The number of aliphatic hydroxyl groups is 1. The molecule has 5 rings (SSSR count). The molecule has 1 aromatic carbocycles. The predicted octanol–water partition coefficient (Wildman–Crippen LogP) is 2.17. The molecule has 27 heavy (non-hydrogen) atoms. The summed E-state index contributed by atoms with van der Waals surface area (Å²) in [5.41, 5.74) is 0.921. The number of hydrogen-bond donors (Lipinski definition) is 1. The average molecular weight is 375 g/mol. The summed E-state index contributed by atoms with van der Waals surface area (Å²) in [4.78, 5) is 14.3. The Morgan fingerprint density at radius 3 is 2.70 bits per heavy atom. The van der Waals surface area contributed by atoms with E-state index >= 15 is 0 Å². The molecule has 3 heterocycles. The Bertz CT molecular complexity index is 691. The molecule has 146 valence electrons. The normalized spacial score (nSPS) is 36.6. The van der Waals surface area contributed by atoms with E-state index in [-0.39, 0.29) is 25.3 Å². The number of β-amino-alcohol motifs (C(OH)–C–C–N with tert-alkyl or cyclic N) is 1. The van der Waals surface area contributed by atoms with E-state index in [0.717, 1.165) is 31.2 Å². The van der Waals surface area contributed by atoms with Gasteiger partial charge in [-0.05, 0) is 18.4 Å². The number of carbonyl (C=O) groups excluding carboxylic acids is 1. The molecule has 3 aliphatic heterocycles. The lowest BCUT2D eigenvalue weighted by Gasteiger charge is -2.34. The zero-order chi connectivity index (χ0) is 18.4. The fraction of sp³-hybridized carbons (Fsp3) is 0.650. The van der Waals surface area contributed by atoms with Gasteiger partial charge in [0.05, 0.1) is 12.6 Å². The Morgan fingerprint density at radius 2 is 1.93 bits per heavy atom. The highest BCUT2D eigenvalue weighted by Gasteiger charge is 2.64. The van der Waals surface area contributed by atoms with E-state index < -0.39 is 30.4 Å². The minimum atomic E-state index is -0.764. The van der Waals surface area contributed by atoms with Crippen molar-refractivity contribution in [1.29, 1.82) is 0 Å². The van der Waals surface area contributed by atoms with Crippen LogP contribution in [0, 0.1) is 0 Å². The summed E-state index contributed by atoms with van der Waals surface area (Å²) in [5, 5.41) is 10.4. The molecule has 1 aliphatic carbocycles. The molecule has 3 saturated heterocycles. The lowest BCUT2D eigenvalue weighted by molar-refractivity contribution is -0.243. The number of nitrogens with zero attached hydrogens (tertiary/aromatic N) is 1. The molecular weight excluding hydrogens is 350 g/mol. The van der Waals surface area contributed by atoms with Gasteiger partial charge in [0.1, 0.15) is 24.9 Å². The van der Waals surface area contributed by atoms with Crippen molar-refractivity contribution >= 4 is 6.09 Å². The fourth-order valence-electron chi connectivity index (χ4n) is 4.79. The molecular formula is C20H25NO6. The molecule has 4 aliphatic rings. The van der Waals surface area contributed by atoms with Crippen molar-refractivity contribution in [3.63, 3.8) is 0 Å². The molecule has 4 fully saturated rings. The highest BCUT2D eigenvalue weighted by Crippen LogP contribution is 2.48. The van der Waals surface area contributed by atoms with Gasteiger partial charge in [-0.3, -0.25) is 4.90 Å². The Labute approximate surface area is 158 Å². The van der Waals surface area contributed by atoms with Crippen molar-refractivity contribution < 1.29 is 28.8 Å². The third-order valence-electron chi connectivity index (χ3n) is 6.09. The molecule has 1 N–H and O–H groups in total. The third kappa shape index (κ3) is 3.02. The maximum Gasteiger partial charge on any atom is 0.410 e. The van der Waals surface area contributed by atoms with Crippen LogP contribution in [-0.4, -0.2) is 59.1 Å². The fourth-order valence-corrected chi connectivity index (χ4v) is 4.79. The molecule has 7 heteroatoms. The van der Waals surface area contributed by atoms with Crippen LogP contribution >= 0.6 is 0 Å². The summed E-state index contributed by atoms with van der Waals surface area (Å²) in [6.45, 7) is 0.377. The van der Waals surface area contributed by atoms with Crippen LogP contribution in [0.2, 0.25) is 0 Å². The quantitative estimate of drug-likeness (QED) is 0.854. The molecule has 1 spiro atoms. The second-order valence-corrected chi connectivity index (χ2v) is 7.89. The summed E-state index contributed by atoms with van der Waals surface area (Å²) in [6, 6.07) is 9.16. The van der Waals surface area contributed by atoms with Crippen molar-refractivity contribution in [2.75, 3.05) is 6.54 Å². The molecule has 0 bridgehead atoms. The first-order valence-corrected chi connectivity index (χ1v) is 9.82. The molecule has 5 unspecified atom stereocenters. The maximum absolute atomic E-state index is 12.7. The number of carbonyl (C=O) groups is 1. The number of ether oxygens (including phenoxy) is 4. The number of likely N-dealkylation sites (tertiary alicyclic amines) is 1. The number of rotatable bonds is 2. The Balaban J connectivity index is 1.29. The zero-order valence-corrected chi connectivity index (χ0v) is 15.2. The average Bonchev–Trinajstić information content (AvgIpc) is 3.30. The SMILES string of the molecule is O=C(OCc1ccccc1)N1CC(O)C2OC3OC4(CCCCC4)OC3C21. The van der Waals surface area contributed by atoms with Crippen LogP contribution in [0.3, 0.4) is 0 Å². The second-order valence-electron chi connectivity index (χ2n) is 7.89. The van der Waals surface area contributed by atoms with Crippen LogP contribution in [0.1, 0.15) is 37.7 Å². The van der Waals surface area contributed by atoms with Crippen LogP contribution in [0.5, 0.6) is 0 Å². The number of aliphatic hydroxyl groups excluding tert-OH is 1. The van der Waals surface area contributed by atoms with Gasteiger partial charge in [-0.1, -0.05) is 36.8 Å². The van der Waals surface area contributed by atoms with Crippen molar-refractivity contribution in [2.24, 2.45) is 0 Å². The minimum absolute atomic E-state index is 0.183. The summed E-state index contributed by atoms with van der Waals surface area (Å²) >= 11 is 0. The van der Waals surface area contributed by atoms with Crippen molar-refractivity contribution in [2.45, 2.75) is 75.1 Å². The van der Waals surface area contributed by atoms with Crippen LogP contribution in [-0.2, 0) is 25.6 Å². The van der Waals surface area contributed by atoms with Crippen LogP contribution in [0.15, 0.2) is 30.3 Å². The first-order valence-electron chi connectivity index (χ1n) is 9.82. The molecule has 0 radical (unpaired) electrons. The van der Waals surface area contributed by atoms with Gasteiger partial charge in [0.15, 0.2) is 12.1 Å². The highest BCUT2D eigenvalue weighted by molar-refractivity contribution is 5.69. The number of amides is 1. The van der Waals surface area contributed by atoms with E-state index in [0.29, 0.717) is 0 Å². The lowest BCUT2D eigenvalue weighted by Crippen LogP contribution is -2.46. The summed E-state index contributed by atoms with van der Waals surface area (Å²) < 4.78 is 23.9. The lowest BCUT2D eigenvalue weighted by atomic mass is 9.94. The van der Waals surface area contributed by atoms with Gasteiger partial charge in [-0.25, -0.2) is 4.79 Å². The Morgan fingerprint density at radius 1 is 1.15 bits per heavy atom. The van der Waals surface area contributed by atoms with E-state index in [1.165, 1.54) is 6.42 Å². The van der Waals surface area contributed by atoms with E-state index in [4.69, 9.17) is 18.9 Å². The van der Waals surface area contributed by atoms with E-state index in [2.05, 4.69) is 0 Å². The molecule has 5 atom stereocenters. The maximum atomic E-state index is 12.7. The first-order chi connectivity index (χ1) is 13.2. The topological polar surface area (TPSA) is 77.5 Å². The van der Waals surface area contributed by atoms with Gasteiger partial charge in [0, 0.05) is 12.8 Å². The van der Waals surface area contributed by atoms with Gasteiger partial charge in [-0.15, -0.1) is 0 Å². The van der Waals surface area contributed by atoms with E-state index in [9.17, 15) is 9.90 Å². The van der Waals surface area contributed by atoms with Crippen LogP contribution < -0.4 is 0 Å². The van der Waals surface area contributed by atoms with Gasteiger partial charge in [-0.2, -0.15) is 0 Å². The van der Waals surface area contributed by atoms with Crippen molar-refractivity contribution in [3.05, 3.63) is 35.9 Å². The number of hydrogen-bond acceptors (Lipinski definition) is 6. The first kappa shape index (κ1) is 17.4. The zero-order valence-electron chi connectivity index (χ0n) is 15.2. The summed E-state index contributed by atoms with van der Waals surface area (Å²) in [5.74, 6) is -0.592. The number of benzene rings is 1. The van der Waals surface area contributed by atoms with Crippen molar-refractivity contribution in [3.8, 4) is 0 Å².